The van der Waals surface area contributed by atoms with Crippen LogP contribution in [0.4, 0.5) is 10.5 Å². The van der Waals surface area contributed by atoms with Crippen molar-refractivity contribution in [3.8, 4) is 11.5 Å². The lowest BCUT2D eigenvalue weighted by atomic mass is 10.2. The molecule has 0 spiro atoms. The molecule has 1 saturated heterocycles. The first-order valence-electron chi connectivity index (χ1n) is 13.2. The van der Waals surface area contributed by atoms with Gasteiger partial charge in [-0.05, 0) is 48.4 Å². The predicted molar refractivity (Wildman–Crippen MR) is 144 cm³/mol. The van der Waals surface area contributed by atoms with Gasteiger partial charge in [0.05, 0.1) is 26.0 Å². The van der Waals surface area contributed by atoms with E-state index in [1.807, 2.05) is 54.6 Å². The van der Waals surface area contributed by atoms with Gasteiger partial charge in [0.15, 0.2) is 11.5 Å². The van der Waals surface area contributed by atoms with Gasteiger partial charge in [-0.25, -0.2) is 4.79 Å². The number of furan rings is 1. The lowest BCUT2D eigenvalue weighted by Gasteiger charge is -2.30. The van der Waals surface area contributed by atoms with Gasteiger partial charge in [-0.3, -0.25) is 9.69 Å². The summed E-state index contributed by atoms with van der Waals surface area (Å²) in [5.41, 5.74) is 1.58. The number of carbonyl (C=O) groups is 2. The van der Waals surface area contributed by atoms with E-state index in [1.54, 1.807) is 22.1 Å². The predicted octanol–water partition coefficient (Wildman–Crippen LogP) is 3.79. The van der Waals surface area contributed by atoms with Gasteiger partial charge in [-0.15, -0.1) is 0 Å². The molecule has 39 heavy (non-hydrogen) atoms. The first-order valence-corrected chi connectivity index (χ1v) is 13.2. The van der Waals surface area contributed by atoms with Crippen molar-refractivity contribution >= 4 is 17.6 Å². The SMILES string of the molecule is O=C(CN(CCCN1CCOCC1)C(=O)Nc1ccccc1)N(Cc1ccc2c(c1)OCO2)Cc1ccco1. The second kappa shape index (κ2) is 13.2. The number of hydrogen-bond acceptors (Lipinski definition) is 7. The number of rotatable bonds is 11. The monoisotopic (exact) mass is 534 g/mol. The molecule has 3 heterocycles. The molecule has 0 saturated carbocycles. The number of benzene rings is 2. The summed E-state index contributed by atoms with van der Waals surface area (Å²) in [6.45, 7) is 5.21. The second-order valence-corrected chi connectivity index (χ2v) is 9.54. The Morgan fingerprint density at radius 1 is 0.897 bits per heavy atom. The van der Waals surface area contributed by atoms with Crippen LogP contribution in [0.25, 0.3) is 0 Å². The maximum atomic E-state index is 13.7. The van der Waals surface area contributed by atoms with Gasteiger partial charge in [0.1, 0.15) is 12.3 Å². The summed E-state index contributed by atoms with van der Waals surface area (Å²) < 4.78 is 21.9. The van der Waals surface area contributed by atoms with E-state index in [0.717, 1.165) is 44.8 Å². The molecule has 1 fully saturated rings. The van der Waals surface area contributed by atoms with Crippen LogP contribution in [0, 0.1) is 0 Å². The van der Waals surface area contributed by atoms with Crippen LogP contribution in [-0.2, 0) is 22.6 Å². The minimum absolute atomic E-state index is 0.0625. The highest BCUT2D eigenvalue weighted by Gasteiger charge is 2.24. The van der Waals surface area contributed by atoms with Crippen LogP contribution < -0.4 is 14.8 Å². The Balaban J connectivity index is 1.28. The average molecular weight is 535 g/mol. The Hall–Kier alpha value is -4.02. The maximum absolute atomic E-state index is 13.7. The minimum atomic E-state index is -0.308. The lowest BCUT2D eigenvalue weighted by molar-refractivity contribution is -0.133. The number of nitrogens with one attached hydrogen (secondary N) is 1. The highest BCUT2D eigenvalue weighted by atomic mass is 16.7. The van der Waals surface area contributed by atoms with Crippen molar-refractivity contribution in [2.75, 3.05) is 58.0 Å². The lowest BCUT2D eigenvalue weighted by Crippen LogP contribution is -2.45. The topological polar surface area (TPSA) is 96.7 Å². The van der Waals surface area contributed by atoms with E-state index in [9.17, 15) is 9.59 Å². The van der Waals surface area contributed by atoms with Crippen LogP contribution in [0.3, 0.4) is 0 Å². The summed E-state index contributed by atoms with van der Waals surface area (Å²) in [6, 6.07) is 18.2. The Labute approximate surface area is 228 Å². The van der Waals surface area contributed by atoms with Gasteiger partial charge in [-0.2, -0.15) is 0 Å². The van der Waals surface area contributed by atoms with E-state index in [0.29, 0.717) is 36.0 Å². The first-order chi connectivity index (χ1) is 19.1. The molecule has 3 amide bonds. The summed E-state index contributed by atoms with van der Waals surface area (Å²) >= 11 is 0. The van der Waals surface area contributed by atoms with Gasteiger partial charge in [-0.1, -0.05) is 24.3 Å². The summed E-state index contributed by atoms with van der Waals surface area (Å²) in [5, 5.41) is 2.93. The summed E-state index contributed by atoms with van der Waals surface area (Å²) in [5.74, 6) is 1.83. The molecule has 10 heteroatoms. The fourth-order valence-corrected chi connectivity index (χ4v) is 4.63. The normalized spacial score (nSPS) is 14.7. The number of nitrogens with zero attached hydrogens (tertiary/aromatic N) is 3. The molecular weight excluding hydrogens is 500 g/mol. The van der Waals surface area contributed by atoms with Crippen molar-refractivity contribution in [2.45, 2.75) is 19.5 Å². The minimum Gasteiger partial charge on any atom is -0.467 e. The van der Waals surface area contributed by atoms with E-state index >= 15 is 0 Å². The fourth-order valence-electron chi connectivity index (χ4n) is 4.63. The van der Waals surface area contributed by atoms with Crippen molar-refractivity contribution in [3.63, 3.8) is 0 Å². The Morgan fingerprint density at radius 3 is 2.51 bits per heavy atom. The molecule has 0 radical (unpaired) electrons. The fraction of sp³-hybridized carbons (Fsp3) is 0.379. The Kier molecular flexibility index (Phi) is 8.97. The standard InChI is InChI=1S/C29H34N4O6/c34-28(33(20-25-8-4-15-37-25)19-23-9-10-26-27(18-23)39-22-38-26)21-32(12-5-11-31-13-16-36-17-14-31)29(35)30-24-6-2-1-3-7-24/h1-4,6-10,15,18H,5,11-14,16-17,19-22H2,(H,30,35). The molecule has 10 nitrogen and oxygen atoms in total. The van der Waals surface area contributed by atoms with Crippen LogP contribution in [0.15, 0.2) is 71.3 Å². The number of hydrogen-bond donors (Lipinski definition) is 1. The largest absolute Gasteiger partial charge is 0.467 e. The van der Waals surface area contributed by atoms with E-state index < -0.39 is 0 Å². The van der Waals surface area contributed by atoms with Crippen LogP contribution in [0.2, 0.25) is 0 Å². The molecule has 1 N–H and O–H groups in total. The Bertz CT molecular complexity index is 1210. The number of urea groups is 1. The number of morpholine rings is 1. The van der Waals surface area contributed by atoms with Gasteiger partial charge >= 0.3 is 6.03 Å². The molecule has 2 aliphatic rings. The second-order valence-electron chi connectivity index (χ2n) is 9.54. The molecule has 0 aliphatic carbocycles. The molecule has 2 aromatic carbocycles. The zero-order chi connectivity index (χ0) is 26.9. The van der Waals surface area contributed by atoms with E-state index in [1.165, 1.54) is 0 Å². The zero-order valence-electron chi connectivity index (χ0n) is 21.9. The third-order valence-electron chi connectivity index (χ3n) is 6.73. The Morgan fingerprint density at radius 2 is 1.72 bits per heavy atom. The summed E-state index contributed by atoms with van der Waals surface area (Å²) in [6.07, 6.45) is 2.33. The molecule has 3 aromatic rings. The summed E-state index contributed by atoms with van der Waals surface area (Å²) in [4.78, 5) is 32.6. The number of anilines is 1. The van der Waals surface area contributed by atoms with Crippen molar-refractivity contribution in [3.05, 3.63) is 78.3 Å². The van der Waals surface area contributed by atoms with Crippen molar-refractivity contribution in [1.29, 1.82) is 0 Å². The van der Waals surface area contributed by atoms with Crippen LogP contribution in [-0.4, -0.2) is 79.4 Å². The van der Waals surface area contributed by atoms with E-state index in [4.69, 9.17) is 18.6 Å². The highest BCUT2D eigenvalue weighted by Crippen LogP contribution is 2.33. The number of amides is 3. The molecule has 1 aromatic heterocycles. The van der Waals surface area contributed by atoms with Crippen LogP contribution in [0.5, 0.6) is 11.5 Å². The third kappa shape index (κ3) is 7.52. The van der Waals surface area contributed by atoms with Crippen molar-refractivity contribution in [1.82, 2.24) is 14.7 Å². The van der Waals surface area contributed by atoms with Gasteiger partial charge in [0.2, 0.25) is 12.7 Å². The first kappa shape index (κ1) is 26.6. The third-order valence-corrected chi connectivity index (χ3v) is 6.73. The zero-order valence-corrected chi connectivity index (χ0v) is 21.9. The molecule has 2 aliphatic heterocycles. The quantitative estimate of drug-likeness (QED) is 0.400. The van der Waals surface area contributed by atoms with E-state index in [-0.39, 0.29) is 31.8 Å². The van der Waals surface area contributed by atoms with Crippen LogP contribution >= 0.6 is 0 Å². The molecular formula is C29H34N4O6. The highest BCUT2D eigenvalue weighted by molar-refractivity contribution is 5.92. The van der Waals surface area contributed by atoms with Crippen molar-refractivity contribution < 1.29 is 28.2 Å². The van der Waals surface area contributed by atoms with Gasteiger partial charge < -0.3 is 33.7 Å². The average Bonchev–Trinajstić information content (AvgIpc) is 3.65. The van der Waals surface area contributed by atoms with E-state index in [2.05, 4.69) is 10.2 Å². The molecule has 206 valence electrons. The number of para-hydroxylation sites is 1. The molecule has 0 bridgehead atoms. The van der Waals surface area contributed by atoms with Crippen molar-refractivity contribution in [2.24, 2.45) is 0 Å². The smallest absolute Gasteiger partial charge is 0.322 e. The summed E-state index contributed by atoms with van der Waals surface area (Å²) in [7, 11) is 0. The molecule has 0 unspecified atom stereocenters. The molecule has 0 atom stereocenters. The maximum Gasteiger partial charge on any atom is 0.322 e. The molecule has 5 rings (SSSR count). The van der Waals surface area contributed by atoms with Gasteiger partial charge in [0.25, 0.3) is 0 Å². The van der Waals surface area contributed by atoms with Gasteiger partial charge in [0, 0.05) is 38.4 Å². The number of ether oxygens (including phenoxy) is 3. The number of carbonyl (C=O) groups excluding carboxylic acids is 2. The van der Waals surface area contributed by atoms with Crippen LogP contribution in [0.1, 0.15) is 17.7 Å². The number of fused-ring (bicyclic) bond motifs is 1.